The quantitative estimate of drug-likeness (QED) is 0.842. The van der Waals surface area contributed by atoms with Crippen molar-refractivity contribution in [1.82, 2.24) is 0 Å². The maximum atomic E-state index is 13.6. The Hall–Kier alpha value is -2.41. The number of nitrogens with zero attached hydrogens (tertiary/aromatic N) is 2. The van der Waals surface area contributed by atoms with Crippen LogP contribution >= 0.6 is 0 Å². The van der Waals surface area contributed by atoms with Gasteiger partial charge in [-0.25, -0.2) is 8.78 Å². The second kappa shape index (κ2) is 5.49. The predicted molar refractivity (Wildman–Crippen MR) is 69.6 cm³/mol. The summed E-state index contributed by atoms with van der Waals surface area (Å²) in [5.41, 5.74) is 1.34. The highest BCUT2D eigenvalue weighted by Gasteiger charge is 2.10. The Morgan fingerprint density at radius 3 is 2.58 bits per heavy atom. The Morgan fingerprint density at radius 1 is 1.16 bits per heavy atom. The van der Waals surface area contributed by atoms with Crippen LogP contribution in [0, 0.1) is 23.0 Å². The largest absolute Gasteiger partial charge is 0.368 e. The molecule has 0 aliphatic rings. The summed E-state index contributed by atoms with van der Waals surface area (Å²) < 4.78 is 26.8. The Bertz CT molecular complexity index is 632. The summed E-state index contributed by atoms with van der Waals surface area (Å²) in [6.45, 7) is 0.265. The molecule has 0 aromatic heterocycles. The van der Waals surface area contributed by atoms with Crippen molar-refractivity contribution in [1.29, 1.82) is 5.26 Å². The Morgan fingerprint density at radius 2 is 1.89 bits per heavy atom. The van der Waals surface area contributed by atoms with Crippen molar-refractivity contribution in [3.63, 3.8) is 0 Å². The molecule has 0 aliphatic carbocycles. The Kier molecular flexibility index (Phi) is 3.76. The van der Waals surface area contributed by atoms with Gasteiger partial charge in [0.2, 0.25) is 0 Å². The third-order valence-electron chi connectivity index (χ3n) is 2.86. The van der Waals surface area contributed by atoms with E-state index in [4.69, 9.17) is 5.26 Å². The summed E-state index contributed by atoms with van der Waals surface area (Å²) in [6.07, 6.45) is 0. The van der Waals surface area contributed by atoms with Crippen molar-refractivity contribution in [3.8, 4) is 6.07 Å². The lowest BCUT2D eigenvalue weighted by Crippen LogP contribution is -2.18. The van der Waals surface area contributed by atoms with Gasteiger partial charge < -0.3 is 4.90 Å². The number of hydrogen-bond acceptors (Lipinski definition) is 2. The SMILES string of the molecule is CN(Cc1cc(F)ccc1C#N)c1ccccc1F. The van der Waals surface area contributed by atoms with Gasteiger partial charge in [0.15, 0.2) is 0 Å². The van der Waals surface area contributed by atoms with Crippen LogP contribution in [0.15, 0.2) is 42.5 Å². The molecule has 0 heterocycles. The summed E-state index contributed by atoms with van der Waals surface area (Å²) >= 11 is 0. The topological polar surface area (TPSA) is 27.0 Å². The van der Waals surface area contributed by atoms with Crippen LogP contribution in [0.4, 0.5) is 14.5 Å². The molecule has 0 amide bonds. The lowest BCUT2D eigenvalue weighted by Gasteiger charge is -2.20. The van der Waals surface area contributed by atoms with Crippen LogP contribution in [-0.4, -0.2) is 7.05 Å². The normalized spacial score (nSPS) is 10.0. The third-order valence-corrected chi connectivity index (χ3v) is 2.86. The van der Waals surface area contributed by atoms with Gasteiger partial charge in [-0.15, -0.1) is 0 Å². The first-order valence-corrected chi connectivity index (χ1v) is 5.76. The highest BCUT2D eigenvalue weighted by atomic mass is 19.1. The molecule has 0 fully saturated rings. The van der Waals surface area contributed by atoms with E-state index in [2.05, 4.69) is 0 Å². The van der Waals surface area contributed by atoms with Gasteiger partial charge in [-0.1, -0.05) is 12.1 Å². The van der Waals surface area contributed by atoms with Crippen LogP contribution in [0.5, 0.6) is 0 Å². The van der Waals surface area contributed by atoms with Gasteiger partial charge in [0, 0.05) is 13.6 Å². The lowest BCUT2D eigenvalue weighted by molar-refractivity contribution is 0.619. The minimum Gasteiger partial charge on any atom is -0.368 e. The molecular weight excluding hydrogens is 246 g/mol. The van der Waals surface area contributed by atoms with Crippen molar-refractivity contribution >= 4 is 5.69 Å². The average Bonchev–Trinajstić information content (AvgIpc) is 2.39. The molecule has 0 aliphatic heterocycles. The molecule has 2 nitrogen and oxygen atoms in total. The van der Waals surface area contributed by atoms with Crippen molar-refractivity contribution in [3.05, 3.63) is 65.2 Å². The van der Waals surface area contributed by atoms with Gasteiger partial charge in [-0.2, -0.15) is 5.26 Å². The Balaban J connectivity index is 2.29. The molecule has 96 valence electrons. The van der Waals surface area contributed by atoms with Crippen molar-refractivity contribution in [2.24, 2.45) is 0 Å². The molecule has 4 heteroatoms. The molecule has 0 saturated carbocycles. The van der Waals surface area contributed by atoms with E-state index in [0.29, 0.717) is 16.8 Å². The summed E-state index contributed by atoms with van der Waals surface area (Å²) in [6, 6.07) is 12.3. The van der Waals surface area contributed by atoms with Crippen LogP contribution < -0.4 is 4.90 Å². The van der Waals surface area contributed by atoms with E-state index in [1.807, 2.05) is 6.07 Å². The molecule has 0 spiro atoms. The lowest BCUT2D eigenvalue weighted by atomic mass is 10.1. The average molecular weight is 258 g/mol. The molecule has 0 saturated heterocycles. The summed E-state index contributed by atoms with van der Waals surface area (Å²) in [5, 5.41) is 8.98. The van der Waals surface area contributed by atoms with Gasteiger partial charge in [0.25, 0.3) is 0 Å². The van der Waals surface area contributed by atoms with Gasteiger partial charge in [0.1, 0.15) is 11.6 Å². The van der Waals surface area contributed by atoms with Crippen molar-refractivity contribution in [2.75, 3.05) is 11.9 Å². The summed E-state index contributed by atoms with van der Waals surface area (Å²) in [4.78, 5) is 1.64. The van der Waals surface area contributed by atoms with Crippen molar-refractivity contribution in [2.45, 2.75) is 6.54 Å². The van der Waals surface area contributed by atoms with Crippen LogP contribution in [0.3, 0.4) is 0 Å². The van der Waals surface area contributed by atoms with E-state index in [1.165, 1.54) is 24.3 Å². The molecule has 0 N–H and O–H groups in total. The molecule has 2 rings (SSSR count). The molecule has 19 heavy (non-hydrogen) atoms. The zero-order valence-electron chi connectivity index (χ0n) is 10.4. The molecule has 0 unspecified atom stereocenters. The van der Waals surface area contributed by atoms with Crippen LogP contribution in [0.1, 0.15) is 11.1 Å². The fourth-order valence-electron chi connectivity index (χ4n) is 1.90. The van der Waals surface area contributed by atoms with E-state index in [9.17, 15) is 8.78 Å². The zero-order chi connectivity index (χ0) is 13.8. The molecule has 0 bridgehead atoms. The van der Waals surface area contributed by atoms with Gasteiger partial charge in [0.05, 0.1) is 17.3 Å². The molecule has 2 aromatic rings. The fourth-order valence-corrected chi connectivity index (χ4v) is 1.90. The van der Waals surface area contributed by atoms with E-state index in [-0.39, 0.29) is 12.4 Å². The van der Waals surface area contributed by atoms with E-state index >= 15 is 0 Å². The van der Waals surface area contributed by atoms with Gasteiger partial charge in [-0.05, 0) is 35.9 Å². The third kappa shape index (κ3) is 2.89. The highest BCUT2D eigenvalue weighted by Crippen LogP contribution is 2.21. The first-order valence-electron chi connectivity index (χ1n) is 5.76. The van der Waals surface area contributed by atoms with Crippen LogP contribution in [0.2, 0.25) is 0 Å². The standard InChI is InChI=1S/C15H12F2N2/c1-19(15-5-3-2-4-14(15)17)10-12-8-13(16)7-6-11(12)9-18/h2-8H,10H2,1H3. The van der Waals surface area contributed by atoms with Crippen LogP contribution in [-0.2, 0) is 6.54 Å². The van der Waals surface area contributed by atoms with E-state index < -0.39 is 5.82 Å². The number of para-hydroxylation sites is 1. The molecular formula is C15H12F2N2. The first kappa shape index (κ1) is 13.0. The number of halogens is 2. The first-order chi connectivity index (χ1) is 9.11. The molecule has 0 atom stereocenters. The predicted octanol–water partition coefficient (Wildman–Crippen LogP) is 3.47. The number of rotatable bonds is 3. The maximum absolute atomic E-state index is 13.6. The highest BCUT2D eigenvalue weighted by molar-refractivity contribution is 5.49. The van der Waals surface area contributed by atoms with Gasteiger partial charge in [-0.3, -0.25) is 0 Å². The molecule has 0 radical (unpaired) electrons. The molecule has 2 aromatic carbocycles. The summed E-state index contributed by atoms with van der Waals surface area (Å²) in [7, 11) is 1.70. The Labute approximate surface area is 110 Å². The number of hydrogen-bond donors (Lipinski definition) is 0. The zero-order valence-corrected chi connectivity index (χ0v) is 10.4. The van der Waals surface area contributed by atoms with E-state index in [0.717, 1.165) is 0 Å². The smallest absolute Gasteiger partial charge is 0.146 e. The summed E-state index contributed by atoms with van der Waals surface area (Å²) in [5.74, 6) is -0.754. The minimum atomic E-state index is -0.407. The minimum absolute atomic E-state index is 0.265. The van der Waals surface area contributed by atoms with Crippen LogP contribution in [0.25, 0.3) is 0 Å². The van der Waals surface area contributed by atoms with Crippen molar-refractivity contribution < 1.29 is 8.78 Å². The number of nitriles is 1. The monoisotopic (exact) mass is 258 g/mol. The maximum Gasteiger partial charge on any atom is 0.146 e. The second-order valence-electron chi connectivity index (χ2n) is 4.22. The fraction of sp³-hybridized carbons (Fsp3) is 0.133. The second-order valence-corrected chi connectivity index (χ2v) is 4.22. The number of anilines is 1. The van der Waals surface area contributed by atoms with Gasteiger partial charge >= 0.3 is 0 Å². The number of benzene rings is 2. The van der Waals surface area contributed by atoms with E-state index in [1.54, 1.807) is 30.1 Å².